The van der Waals surface area contributed by atoms with Gasteiger partial charge in [0, 0.05) is 19.3 Å². The monoisotopic (exact) mass is 999 g/mol. The molecule has 0 aliphatic rings. The third kappa shape index (κ3) is 57.0. The molecule has 0 saturated carbocycles. The van der Waals surface area contributed by atoms with Crippen LogP contribution < -0.4 is 0 Å². The van der Waals surface area contributed by atoms with Crippen LogP contribution in [-0.4, -0.2) is 37.2 Å². The Hall–Kier alpha value is -3.93. The van der Waals surface area contributed by atoms with Gasteiger partial charge in [0.1, 0.15) is 13.2 Å². The number of esters is 3. The molecule has 6 heteroatoms. The smallest absolute Gasteiger partial charge is 0.306 e. The molecule has 0 rings (SSSR count). The zero-order valence-electron chi connectivity index (χ0n) is 46.9. The number of carbonyl (C=O) groups excluding carboxylic acids is 3. The fourth-order valence-electron chi connectivity index (χ4n) is 8.04. The number of allylic oxidation sites excluding steroid dienone is 18. The highest BCUT2D eigenvalue weighted by atomic mass is 16.6. The minimum atomic E-state index is -0.800. The topological polar surface area (TPSA) is 78.9 Å². The molecule has 0 fully saturated rings. The molecule has 0 spiro atoms. The van der Waals surface area contributed by atoms with Crippen LogP contribution in [0.25, 0.3) is 0 Å². The maximum atomic E-state index is 12.9. The van der Waals surface area contributed by atoms with Crippen LogP contribution in [-0.2, 0) is 28.6 Å². The molecule has 410 valence electrons. The Bertz CT molecular complexity index is 1470. The lowest BCUT2D eigenvalue weighted by atomic mass is 10.0. The summed E-state index contributed by atoms with van der Waals surface area (Å²) in [5.41, 5.74) is 0. The van der Waals surface area contributed by atoms with E-state index in [0.717, 1.165) is 135 Å². The summed E-state index contributed by atoms with van der Waals surface area (Å²) in [6, 6.07) is 0. The van der Waals surface area contributed by atoms with Crippen molar-refractivity contribution in [2.24, 2.45) is 0 Å². The van der Waals surface area contributed by atoms with E-state index in [2.05, 4.69) is 130 Å². The van der Waals surface area contributed by atoms with Crippen LogP contribution in [0, 0.1) is 0 Å². The van der Waals surface area contributed by atoms with Crippen molar-refractivity contribution in [2.45, 2.75) is 277 Å². The largest absolute Gasteiger partial charge is 0.462 e. The van der Waals surface area contributed by atoms with Gasteiger partial charge in [0.15, 0.2) is 6.10 Å². The fraction of sp³-hybridized carbons (Fsp3) is 0.682. The standard InChI is InChI=1S/C66H110O6/c1-4-7-10-13-16-19-22-25-27-29-30-31-32-33-34-35-36-37-39-41-44-47-50-53-56-59-65(68)71-62-63(61-70-64(67)58-55-52-49-46-43-40-24-21-18-15-12-9-6-3)72-66(69)60-57-54-51-48-45-42-38-28-26-23-20-17-14-11-8-5-2/h7,10,16,19-20,23,25,27-28,30-31,33-34,36-38,41,44,63H,4-6,8-9,11-15,17-18,21-22,24,26,29,32,35,39-40,42-43,45-62H2,1-3H3/b10-7-,19-16-,23-20-,27-25-,31-30-,34-33-,37-36-,38-28-,44-41-. The highest BCUT2D eigenvalue weighted by Gasteiger charge is 2.19. The molecular formula is C66H110O6. The Kier molecular flexibility index (Phi) is 56.4. The minimum absolute atomic E-state index is 0.0938. The van der Waals surface area contributed by atoms with Gasteiger partial charge in [0.05, 0.1) is 0 Å². The van der Waals surface area contributed by atoms with Crippen molar-refractivity contribution >= 4 is 17.9 Å². The summed E-state index contributed by atoms with van der Waals surface area (Å²) in [5, 5.41) is 0. The molecule has 1 atom stereocenters. The van der Waals surface area contributed by atoms with Crippen molar-refractivity contribution in [1.82, 2.24) is 0 Å². The first kappa shape index (κ1) is 68.1. The first-order valence-corrected chi connectivity index (χ1v) is 29.9. The molecule has 72 heavy (non-hydrogen) atoms. The van der Waals surface area contributed by atoms with E-state index < -0.39 is 6.10 Å². The summed E-state index contributed by atoms with van der Waals surface area (Å²) in [6.07, 6.45) is 80.8. The van der Waals surface area contributed by atoms with Gasteiger partial charge in [-0.3, -0.25) is 14.4 Å². The molecule has 0 aromatic heterocycles. The van der Waals surface area contributed by atoms with Crippen LogP contribution in [0.15, 0.2) is 109 Å². The minimum Gasteiger partial charge on any atom is -0.462 e. The molecule has 0 radical (unpaired) electrons. The second kappa shape index (κ2) is 59.6. The van der Waals surface area contributed by atoms with Crippen LogP contribution in [0.5, 0.6) is 0 Å². The van der Waals surface area contributed by atoms with Gasteiger partial charge >= 0.3 is 17.9 Å². The Balaban J connectivity index is 4.44. The number of rotatable bonds is 53. The lowest BCUT2D eigenvalue weighted by Crippen LogP contribution is -2.30. The Labute approximate surface area is 444 Å². The van der Waals surface area contributed by atoms with Crippen molar-refractivity contribution in [1.29, 1.82) is 0 Å². The maximum absolute atomic E-state index is 12.9. The number of hydrogen-bond donors (Lipinski definition) is 0. The predicted octanol–water partition coefficient (Wildman–Crippen LogP) is 20.3. The highest BCUT2D eigenvalue weighted by Crippen LogP contribution is 2.15. The lowest BCUT2D eigenvalue weighted by molar-refractivity contribution is -0.167. The normalized spacial score (nSPS) is 12.9. The second-order valence-corrected chi connectivity index (χ2v) is 19.5. The number of unbranched alkanes of at least 4 members (excludes halogenated alkanes) is 24. The summed E-state index contributed by atoms with van der Waals surface area (Å²) in [7, 11) is 0. The van der Waals surface area contributed by atoms with Gasteiger partial charge in [-0.05, 0) is 109 Å². The van der Waals surface area contributed by atoms with E-state index in [0.29, 0.717) is 19.3 Å². The van der Waals surface area contributed by atoms with Gasteiger partial charge < -0.3 is 14.2 Å². The van der Waals surface area contributed by atoms with Crippen LogP contribution in [0.3, 0.4) is 0 Å². The van der Waals surface area contributed by atoms with E-state index in [4.69, 9.17) is 14.2 Å². The summed E-state index contributed by atoms with van der Waals surface area (Å²) >= 11 is 0. The number of ether oxygens (including phenoxy) is 3. The Morgan fingerprint density at radius 3 is 0.875 bits per heavy atom. The Morgan fingerprint density at radius 2 is 0.542 bits per heavy atom. The maximum Gasteiger partial charge on any atom is 0.306 e. The molecule has 0 heterocycles. The van der Waals surface area contributed by atoms with E-state index in [9.17, 15) is 14.4 Å². The quantitative estimate of drug-likeness (QED) is 0.0261. The van der Waals surface area contributed by atoms with Crippen molar-refractivity contribution < 1.29 is 28.6 Å². The highest BCUT2D eigenvalue weighted by molar-refractivity contribution is 5.71. The van der Waals surface area contributed by atoms with E-state index in [1.165, 1.54) is 96.3 Å². The van der Waals surface area contributed by atoms with Crippen molar-refractivity contribution in [3.8, 4) is 0 Å². The van der Waals surface area contributed by atoms with Gasteiger partial charge in [-0.25, -0.2) is 0 Å². The number of carbonyl (C=O) groups is 3. The third-order valence-electron chi connectivity index (χ3n) is 12.5. The van der Waals surface area contributed by atoms with Gasteiger partial charge in [0.25, 0.3) is 0 Å². The zero-order valence-corrected chi connectivity index (χ0v) is 46.9. The summed E-state index contributed by atoms with van der Waals surface area (Å²) in [4.78, 5) is 38.2. The first-order valence-electron chi connectivity index (χ1n) is 29.9. The van der Waals surface area contributed by atoms with Gasteiger partial charge in [-0.15, -0.1) is 0 Å². The third-order valence-corrected chi connectivity index (χ3v) is 12.5. The van der Waals surface area contributed by atoms with E-state index in [-0.39, 0.29) is 31.1 Å². The second-order valence-electron chi connectivity index (χ2n) is 19.5. The molecule has 0 N–H and O–H groups in total. The average molecular weight is 1000 g/mol. The molecule has 0 aromatic rings. The molecule has 0 aliphatic carbocycles. The molecule has 0 aromatic carbocycles. The van der Waals surface area contributed by atoms with Gasteiger partial charge in [0.2, 0.25) is 0 Å². The Morgan fingerprint density at radius 1 is 0.292 bits per heavy atom. The average Bonchev–Trinajstić information content (AvgIpc) is 3.38. The first-order chi connectivity index (χ1) is 35.5. The SMILES string of the molecule is CC/C=C\C/C=C\C/C=C\C/C=C\C/C=C\C/C=C\C/C=C\CCCCCC(=O)OCC(COC(=O)CCCCCCCCCCCCCCC)OC(=O)CCCCCCC/C=C\C/C=C\CCCCCC. The summed E-state index contributed by atoms with van der Waals surface area (Å²) in [5.74, 6) is -0.938. The van der Waals surface area contributed by atoms with Crippen LogP contribution in [0.2, 0.25) is 0 Å². The molecule has 6 nitrogen and oxygen atoms in total. The molecule has 1 unspecified atom stereocenters. The van der Waals surface area contributed by atoms with Crippen molar-refractivity contribution in [3.63, 3.8) is 0 Å². The van der Waals surface area contributed by atoms with Crippen molar-refractivity contribution in [3.05, 3.63) is 109 Å². The van der Waals surface area contributed by atoms with E-state index >= 15 is 0 Å². The van der Waals surface area contributed by atoms with E-state index in [1.807, 2.05) is 0 Å². The molecule has 0 aliphatic heterocycles. The lowest BCUT2D eigenvalue weighted by Gasteiger charge is -2.18. The van der Waals surface area contributed by atoms with Crippen molar-refractivity contribution in [2.75, 3.05) is 13.2 Å². The molecule has 0 amide bonds. The van der Waals surface area contributed by atoms with Gasteiger partial charge in [-0.1, -0.05) is 252 Å². The predicted molar refractivity (Wildman–Crippen MR) is 311 cm³/mol. The fourth-order valence-corrected chi connectivity index (χ4v) is 8.04. The van der Waals surface area contributed by atoms with Crippen LogP contribution in [0.4, 0.5) is 0 Å². The molecular weight excluding hydrogens is 889 g/mol. The molecule has 0 saturated heterocycles. The summed E-state index contributed by atoms with van der Waals surface area (Å²) < 4.78 is 16.8. The van der Waals surface area contributed by atoms with Crippen LogP contribution >= 0.6 is 0 Å². The zero-order chi connectivity index (χ0) is 52.2. The summed E-state index contributed by atoms with van der Waals surface area (Å²) in [6.45, 7) is 6.48. The van der Waals surface area contributed by atoms with Crippen LogP contribution in [0.1, 0.15) is 271 Å². The molecule has 0 bridgehead atoms. The van der Waals surface area contributed by atoms with E-state index in [1.54, 1.807) is 0 Å². The van der Waals surface area contributed by atoms with Gasteiger partial charge in [-0.2, -0.15) is 0 Å². The number of hydrogen-bond acceptors (Lipinski definition) is 6.